The summed E-state index contributed by atoms with van der Waals surface area (Å²) in [4.78, 5) is 25.9. The smallest absolute Gasteiger partial charge is 0.242 e. The van der Waals surface area contributed by atoms with Crippen LogP contribution >= 0.6 is 11.6 Å². The average Bonchev–Trinajstić information content (AvgIpc) is 2.88. The van der Waals surface area contributed by atoms with Gasteiger partial charge in [0.2, 0.25) is 5.91 Å². The van der Waals surface area contributed by atoms with Gasteiger partial charge in [-0.2, -0.15) is 0 Å². The number of nitrogens with zero attached hydrogens (tertiary/aromatic N) is 3. The highest BCUT2D eigenvalue weighted by molar-refractivity contribution is 6.30. The van der Waals surface area contributed by atoms with Crippen molar-refractivity contribution >= 4 is 34.9 Å². The van der Waals surface area contributed by atoms with Gasteiger partial charge in [-0.15, -0.1) is 0 Å². The van der Waals surface area contributed by atoms with E-state index in [1.165, 1.54) is 0 Å². The Labute approximate surface area is 162 Å². The Morgan fingerprint density at radius 1 is 1.37 bits per heavy atom. The summed E-state index contributed by atoms with van der Waals surface area (Å²) in [6.45, 7) is 5.40. The molecule has 27 heavy (non-hydrogen) atoms. The Kier molecular flexibility index (Phi) is 4.65. The minimum absolute atomic E-state index is 0.188. The number of nitrogens with two attached hydrogens (primary N) is 2. The lowest BCUT2D eigenvalue weighted by Crippen LogP contribution is -2.37. The van der Waals surface area contributed by atoms with Crippen molar-refractivity contribution in [1.82, 2.24) is 9.97 Å². The Balaban J connectivity index is 2.18. The predicted molar refractivity (Wildman–Crippen MR) is 108 cm³/mol. The first-order valence-corrected chi connectivity index (χ1v) is 8.77. The molecule has 0 fully saturated rings. The fourth-order valence-corrected chi connectivity index (χ4v) is 3.54. The molecule has 1 aromatic heterocycles. The van der Waals surface area contributed by atoms with E-state index < -0.39 is 5.41 Å². The second kappa shape index (κ2) is 6.66. The zero-order chi connectivity index (χ0) is 19.9. The van der Waals surface area contributed by atoms with E-state index in [9.17, 15) is 4.79 Å². The molecular formula is C19H21ClN6O. The highest BCUT2D eigenvalue weighted by Crippen LogP contribution is 2.43. The molecule has 8 heteroatoms. The normalized spacial score (nSPS) is 19.8. The van der Waals surface area contributed by atoms with E-state index in [0.29, 0.717) is 33.6 Å². The molecule has 1 unspecified atom stereocenters. The minimum Gasteiger partial charge on any atom is -0.401 e. The van der Waals surface area contributed by atoms with Gasteiger partial charge in [0.25, 0.3) is 0 Å². The Morgan fingerprint density at radius 3 is 2.67 bits per heavy atom. The van der Waals surface area contributed by atoms with Crippen LogP contribution in [0.25, 0.3) is 0 Å². The van der Waals surface area contributed by atoms with E-state index >= 15 is 0 Å². The molecule has 1 amide bonds. The van der Waals surface area contributed by atoms with Crippen LogP contribution in [0.3, 0.4) is 0 Å². The highest BCUT2D eigenvalue weighted by Gasteiger charge is 2.48. The fourth-order valence-electron chi connectivity index (χ4n) is 3.31. The molecule has 1 atom stereocenters. The monoisotopic (exact) mass is 384 g/mol. The van der Waals surface area contributed by atoms with E-state index in [-0.39, 0.29) is 11.7 Å². The van der Waals surface area contributed by atoms with E-state index in [1.54, 1.807) is 33.0 Å². The first-order chi connectivity index (χ1) is 12.7. The van der Waals surface area contributed by atoms with Gasteiger partial charge < -0.3 is 16.8 Å². The number of amides is 1. The molecule has 0 aliphatic carbocycles. The van der Waals surface area contributed by atoms with Crippen LogP contribution in [0.1, 0.15) is 36.4 Å². The first-order valence-electron chi connectivity index (χ1n) is 8.39. The standard InChI is InChI=1S/C19H21ClN6O/c1-5-12(21)19(3)13-15(22)24-17(25-16(13)26-18(19)27)14(23-4)11-7-6-10(20)8-9(11)2/h5-8H,21H2,1-4H3,(H3,22,24,25,26,27)/b12-5-,23-14+. The van der Waals surface area contributed by atoms with Gasteiger partial charge in [0, 0.05) is 23.3 Å². The third-order valence-electron chi connectivity index (χ3n) is 4.89. The third kappa shape index (κ3) is 2.84. The summed E-state index contributed by atoms with van der Waals surface area (Å²) >= 11 is 6.05. The molecule has 140 valence electrons. The van der Waals surface area contributed by atoms with Crippen molar-refractivity contribution in [3.8, 4) is 0 Å². The summed E-state index contributed by atoms with van der Waals surface area (Å²) < 4.78 is 0. The summed E-state index contributed by atoms with van der Waals surface area (Å²) in [5, 5.41) is 3.40. The average molecular weight is 385 g/mol. The first kappa shape index (κ1) is 18.8. The number of allylic oxidation sites excluding steroid dienone is 1. The number of rotatable bonds is 3. The van der Waals surface area contributed by atoms with Crippen LogP contribution in [-0.4, -0.2) is 28.6 Å². The largest absolute Gasteiger partial charge is 0.401 e. The summed E-state index contributed by atoms with van der Waals surface area (Å²) in [6.07, 6.45) is 1.68. The van der Waals surface area contributed by atoms with Gasteiger partial charge in [0.1, 0.15) is 22.8 Å². The van der Waals surface area contributed by atoms with Crippen molar-refractivity contribution in [3.63, 3.8) is 0 Å². The SMILES string of the molecule is C/C=C(\N)C1(C)C(=O)Nc2nc(/C(=N/C)c3ccc(Cl)cc3C)nc(N)c21. The number of carbonyl (C=O) groups excluding carboxylic acids is 1. The Hall–Kier alpha value is -2.93. The summed E-state index contributed by atoms with van der Waals surface area (Å²) in [6, 6.07) is 5.47. The number of anilines is 2. The number of aryl methyl sites for hydroxylation is 1. The quantitative estimate of drug-likeness (QED) is 0.702. The number of nitrogen functional groups attached to an aromatic ring is 1. The van der Waals surface area contributed by atoms with Crippen LogP contribution in [0.2, 0.25) is 5.02 Å². The van der Waals surface area contributed by atoms with E-state index in [1.807, 2.05) is 19.1 Å². The number of benzene rings is 1. The van der Waals surface area contributed by atoms with Crippen LogP contribution in [0.15, 0.2) is 35.0 Å². The number of halogens is 1. The van der Waals surface area contributed by atoms with E-state index in [0.717, 1.165) is 11.1 Å². The number of nitrogens with one attached hydrogen (secondary N) is 1. The molecule has 0 bridgehead atoms. The summed E-state index contributed by atoms with van der Waals surface area (Å²) in [7, 11) is 1.65. The molecule has 3 rings (SSSR count). The van der Waals surface area contributed by atoms with Crippen LogP contribution in [0.4, 0.5) is 11.6 Å². The van der Waals surface area contributed by atoms with E-state index in [4.69, 9.17) is 23.1 Å². The molecule has 2 heterocycles. The number of fused-ring (bicyclic) bond motifs is 1. The lowest BCUT2D eigenvalue weighted by Gasteiger charge is -2.23. The second-order valence-electron chi connectivity index (χ2n) is 6.51. The molecule has 0 spiro atoms. The predicted octanol–water partition coefficient (Wildman–Crippen LogP) is 2.56. The van der Waals surface area contributed by atoms with Crippen molar-refractivity contribution in [3.05, 3.63) is 57.5 Å². The van der Waals surface area contributed by atoms with Crippen LogP contribution in [0, 0.1) is 6.92 Å². The minimum atomic E-state index is -1.10. The molecule has 1 aromatic carbocycles. The van der Waals surface area contributed by atoms with Crippen molar-refractivity contribution in [2.75, 3.05) is 18.1 Å². The molecule has 7 nitrogen and oxygen atoms in total. The highest BCUT2D eigenvalue weighted by atomic mass is 35.5. The number of carbonyl (C=O) groups is 1. The lowest BCUT2D eigenvalue weighted by atomic mass is 9.81. The van der Waals surface area contributed by atoms with Gasteiger partial charge in [0.05, 0.1) is 5.56 Å². The summed E-state index contributed by atoms with van der Waals surface area (Å²) in [5.74, 6) is 0.572. The maximum atomic E-state index is 12.6. The van der Waals surface area contributed by atoms with Crippen molar-refractivity contribution in [2.45, 2.75) is 26.2 Å². The molecule has 0 radical (unpaired) electrons. The summed E-state index contributed by atoms with van der Waals surface area (Å²) in [5.41, 5.74) is 14.4. The van der Waals surface area contributed by atoms with Gasteiger partial charge in [-0.25, -0.2) is 9.97 Å². The second-order valence-corrected chi connectivity index (χ2v) is 6.95. The van der Waals surface area contributed by atoms with Crippen LogP contribution in [-0.2, 0) is 10.2 Å². The molecule has 0 saturated heterocycles. The topological polar surface area (TPSA) is 119 Å². The lowest BCUT2D eigenvalue weighted by molar-refractivity contribution is -0.119. The number of hydrogen-bond acceptors (Lipinski definition) is 6. The Morgan fingerprint density at radius 2 is 2.07 bits per heavy atom. The van der Waals surface area contributed by atoms with Crippen molar-refractivity contribution < 1.29 is 4.79 Å². The molecular weight excluding hydrogens is 364 g/mol. The molecule has 1 aliphatic rings. The molecule has 0 saturated carbocycles. The zero-order valence-corrected chi connectivity index (χ0v) is 16.3. The third-order valence-corrected chi connectivity index (χ3v) is 5.13. The Bertz CT molecular complexity index is 1010. The van der Waals surface area contributed by atoms with Crippen LogP contribution in [0.5, 0.6) is 0 Å². The molecule has 1 aliphatic heterocycles. The van der Waals surface area contributed by atoms with Gasteiger partial charge in [-0.1, -0.05) is 23.7 Å². The maximum Gasteiger partial charge on any atom is 0.242 e. The van der Waals surface area contributed by atoms with Crippen molar-refractivity contribution in [2.24, 2.45) is 10.7 Å². The number of aromatic nitrogens is 2. The molecule has 2 aromatic rings. The maximum absolute atomic E-state index is 12.6. The van der Waals surface area contributed by atoms with Gasteiger partial charge in [-0.05, 0) is 38.5 Å². The van der Waals surface area contributed by atoms with E-state index in [2.05, 4.69) is 20.3 Å². The fraction of sp³-hybridized carbons (Fsp3) is 0.263. The van der Waals surface area contributed by atoms with Gasteiger partial charge >= 0.3 is 0 Å². The number of hydrogen-bond donors (Lipinski definition) is 3. The van der Waals surface area contributed by atoms with Crippen LogP contribution < -0.4 is 16.8 Å². The van der Waals surface area contributed by atoms with Gasteiger partial charge in [-0.3, -0.25) is 9.79 Å². The van der Waals surface area contributed by atoms with Crippen molar-refractivity contribution in [1.29, 1.82) is 0 Å². The van der Waals surface area contributed by atoms with Gasteiger partial charge in [0.15, 0.2) is 5.82 Å². The molecule has 5 N–H and O–H groups in total. The number of aliphatic imine (C=N–C) groups is 1. The zero-order valence-electron chi connectivity index (χ0n) is 15.6.